The second-order valence-corrected chi connectivity index (χ2v) is 8.11. The molecule has 0 amide bonds. The van der Waals surface area contributed by atoms with Crippen molar-refractivity contribution in [3.63, 3.8) is 0 Å². The lowest BCUT2D eigenvalue weighted by molar-refractivity contribution is 0.356. The van der Waals surface area contributed by atoms with Gasteiger partial charge in [0.25, 0.3) is 0 Å². The molecule has 0 bridgehead atoms. The minimum Gasteiger partial charge on any atom is -0.493 e. The van der Waals surface area contributed by atoms with Gasteiger partial charge in [0.15, 0.2) is 11.5 Å². The molecule has 0 radical (unpaired) electrons. The van der Waals surface area contributed by atoms with E-state index >= 15 is 0 Å². The van der Waals surface area contributed by atoms with E-state index in [2.05, 4.69) is 71.7 Å². The topological polar surface area (TPSA) is 31.4 Å². The number of ether oxygens (including phenoxy) is 2. The maximum Gasteiger partial charge on any atom is 0.161 e. The quantitative estimate of drug-likeness (QED) is 0.254. The first-order valence-electron chi connectivity index (χ1n) is 10.6. The second-order valence-electron chi connectivity index (χ2n) is 7.75. The first-order chi connectivity index (χ1) is 16.2. The van der Waals surface area contributed by atoms with Crippen LogP contribution >= 0.6 is 11.6 Å². The molecule has 0 aliphatic rings. The second kappa shape index (κ2) is 8.97. The van der Waals surface area contributed by atoms with E-state index in [1.807, 2.05) is 30.3 Å². The summed E-state index contributed by atoms with van der Waals surface area (Å²) in [6.45, 7) is 0. The van der Waals surface area contributed by atoms with Crippen molar-refractivity contribution in [3.05, 3.63) is 102 Å². The van der Waals surface area contributed by atoms with Crippen LogP contribution in [0, 0.1) is 0 Å². The summed E-state index contributed by atoms with van der Waals surface area (Å²) in [4.78, 5) is 4.67. The molecule has 0 fully saturated rings. The predicted octanol–water partition coefficient (Wildman–Crippen LogP) is 7.91. The van der Waals surface area contributed by atoms with Gasteiger partial charge < -0.3 is 9.47 Å². The first-order valence-corrected chi connectivity index (χ1v) is 11.0. The molecule has 3 nitrogen and oxygen atoms in total. The first kappa shape index (κ1) is 21.0. The van der Waals surface area contributed by atoms with Gasteiger partial charge in [-0.2, -0.15) is 0 Å². The molecule has 0 saturated heterocycles. The summed E-state index contributed by atoms with van der Waals surface area (Å²) in [5.74, 6) is 1.28. The highest BCUT2D eigenvalue weighted by atomic mass is 35.5. The Labute approximate surface area is 198 Å². The Kier molecular flexibility index (Phi) is 5.72. The summed E-state index contributed by atoms with van der Waals surface area (Å²) < 4.78 is 10.9. The van der Waals surface area contributed by atoms with Crippen LogP contribution < -0.4 is 9.47 Å². The molecular weight excluding hydrogens is 430 g/mol. The molecule has 5 rings (SSSR count). The molecule has 1 aromatic heterocycles. The summed E-state index contributed by atoms with van der Waals surface area (Å²) >= 11 is 6.57. The van der Waals surface area contributed by atoms with E-state index in [9.17, 15) is 0 Å². The van der Waals surface area contributed by atoms with Crippen LogP contribution in [0.4, 0.5) is 0 Å². The van der Waals surface area contributed by atoms with Crippen LogP contribution in [0.1, 0.15) is 0 Å². The van der Waals surface area contributed by atoms with E-state index in [0.717, 1.165) is 33.2 Å². The zero-order valence-corrected chi connectivity index (χ0v) is 19.1. The maximum atomic E-state index is 6.57. The predicted molar refractivity (Wildman–Crippen MR) is 136 cm³/mol. The third-order valence-electron chi connectivity index (χ3n) is 5.75. The highest BCUT2D eigenvalue weighted by Crippen LogP contribution is 2.37. The molecule has 0 saturated carbocycles. The Hall–Kier alpha value is -3.82. The number of nitrogens with zero attached hydrogens (tertiary/aromatic N) is 1. The lowest BCUT2D eigenvalue weighted by Crippen LogP contribution is -1.93. The van der Waals surface area contributed by atoms with Crippen molar-refractivity contribution in [3.8, 4) is 45.0 Å². The minimum absolute atomic E-state index is 0.430. The van der Waals surface area contributed by atoms with Crippen molar-refractivity contribution < 1.29 is 9.47 Å². The molecule has 0 unspecified atom stereocenters. The third kappa shape index (κ3) is 4.15. The number of hydrogen-bond acceptors (Lipinski definition) is 3. The van der Waals surface area contributed by atoms with Gasteiger partial charge in [-0.05, 0) is 58.0 Å². The average molecular weight is 452 g/mol. The van der Waals surface area contributed by atoms with E-state index in [-0.39, 0.29) is 0 Å². The van der Waals surface area contributed by atoms with Gasteiger partial charge in [-0.25, -0.2) is 4.98 Å². The van der Waals surface area contributed by atoms with Crippen molar-refractivity contribution in [1.29, 1.82) is 0 Å². The standard InChI is InChI=1S/C29H22ClNO2/c1-32-27-17-24-16-26(31-29(30)25(24)18-28(27)33-2)23-13-7-12-22(15-23)21-11-6-10-20(14-21)19-8-4-3-5-9-19/h3-18H,1-2H3. The summed E-state index contributed by atoms with van der Waals surface area (Å²) in [5, 5.41) is 2.20. The Morgan fingerprint density at radius 1 is 0.576 bits per heavy atom. The summed E-state index contributed by atoms with van der Waals surface area (Å²) in [5.41, 5.74) is 6.46. The number of aromatic nitrogens is 1. The lowest BCUT2D eigenvalue weighted by Gasteiger charge is -2.12. The van der Waals surface area contributed by atoms with Crippen molar-refractivity contribution in [1.82, 2.24) is 4.98 Å². The zero-order chi connectivity index (χ0) is 22.8. The number of fused-ring (bicyclic) bond motifs is 1. The van der Waals surface area contributed by atoms with Crippen molar-refractivity contribution in [2.45, 2.75) is 0 Å². The van der Waals surface area contributed by atoms with E-state index in [0.29, 0.717) is 16.7 Å². The third-order valence-corrected chi connectivity index (χ3v) is 6.04. The van der Waals surface area contributed by atoms with Crippen LogP contribution in [0.2, 0.25) is 5.15 Å². The molecule has 1 heterocycles. The van der Waals surface area contributed by atoms with Gasteiger partial charge in [0, 0.05) is 10.9 Å². The van der Waals surface area contributed by atoms with Crippen LogP contribution in [-0.2, 0) is 0 Å². The van der Waals surface area contributed by atoms with Crippen LogP contribution in [0.5, 0.6) is 11.5 Å². The van der Waals surface area contributed by atoms with Crippen LogP contribution in [-0.4, -0.2) is 19.2 Å². The van der Waals surface area contributed by atoms with Gasteiger partial charge in [0.1, 0.15) is 5.15 Å². The SMILES string of the molecule is COc1cc2cc(-c3cccc(-c4cccc(-c5ccccc5)c4)c3)nc(Cl)c2cc1OC. The molecule has 4 aromatic carbocycles. The van der Waals surface area contributed by atoms with Crippen LogP contribution in [0.15, 0.2) is 97.1 Å². The van der Waals surface area contributed by atoms with E-state index < -0.39 is 0 Å². The molecule has 0 aliphatic heterocycles. The fourth-order valence-electron chi connectivity index (χ4n) is 4.05. The van der Waals surface area contributed by atoms with Crippen LogP contribution in [0.25, 0.3) is 44.3 Å². The van der Waals surface area contributed by atoms with Crippen LogP contribution in [0.3, 0.4) is 0 Å². The van der Waals surface area contributed by atoms with Crippen molar-refractivity contribution in [2.75, 3.05) is 14.2 Å². The smallest absolute Gasteiger partial charge is 0.161 e. The molecule has 0 atom stereocenters. The number of methoxy groups -OCH3 is 2. The average Bonchev–Trinajstić information content (AvgIpc) is 2.88. The van der Waals surface area contributed by atoms with E-state index in [1.165, 1.54) is 11.1 Å². The molecular formula is C29H22ClNO2. The highest BCUT2D eigenvalue weighted by molar-refractivity contribution is 6.34. The molecule has 4 heteroatoms. The number of pyridine rings is 1. The monoisotopic (exact) mass is 451 g/mol. The highest BCUT2D eigenvalue weighted by Gasteiger charge is 2.12. The molecule has 0 N–H and O–H groups in total. The van der Waals surface area contributed by atoms with Gasteiger partial charge in [-0.1, -0.05) is 78.3 Å². The number of hydrogen-bond donors (Lipinski definition) is 0. The van der Waals surface area contributed by atoms with E-state index in [1.54, 1.807) is 14.2 Å². The molecule has 0 aliphatic carbocycles. The molecule has 33 heavy (non-hydrogen) atoms. The van der Waals surface area contributed by atoms with Gasteiger partial charge in [0.2, 0.25) is 0 Å². The minimum atomic E-state index is 0.430. The lowest BCUT2D eigenvalue weighted by atomic mass is 9.97. The number of halogens is 1. The van der Waals surface area contributed by atoms with E-state index in [4.69, 9.17) is 21.1 Å². The summed E-state index contributed by atoms with van der Waals surface area (Å²) in [7, 11) is 3.23. The van der Waals surface area contributed by atoms with Crippen molar-refractivity contribution >= 4 is 22.4 Å². The fraction of sp³-hybridized carbons (Fsp3) is 0.0690. The normalized spacial score (nSPS) is 10.9. The molecule has 162 valence electrons. The van der Waals surface area contributed by atoms with Gasteiger partial charge in [0.05, 0.1) is 19.9 Å². The van der Waals surface area contributed by atoms with Gasteiger partial charge in [-0.15, -0.1) is 0 Å². The number of rotatable bonds is 5. The summed E-state index contributed by atoms with van der Waals surface area (Å²) in [6.07, 6.45) is 0. The van der Waals surface area contributed by atoms with Gasteiger partial charge >= 0.3 is 0 Å². The Morgan fingerprint density at radius 2 is 1.12 bits per heavy atom. The summed E-state index contributed by atoms with van der Waals surface area (Å²) in [6, 6.07) is 33.2. The van der Waals surface area contributed by atoms with Crippen molar-refractivity contribution in [2.24, 2.45) is 0 Å². The fourth-order valence-corrected chi connectivity index (χ4v) is 4.31. The van der Waals surface area contributed by atoms with Gasteiger partial charge in [-0.3, -0.25) is 0 Å². The largest absolute Gasteiger partial charge is 0.493 e. The Bertz CT molecular complexity index is 1450. The Morgan fingerprint density at radius 3 is 1.79 bits per heavy atom. The zero-order valence-electron chi connectivity index (χ0n) is 18.4. The maximum absolute atomic E-state index is 6.57. The molecule has 5 aromatic rings. The number of benzene rings is 4. The Balaban J connectivity index is 1.57. The molecule has 0 spiro atoms.